The molecular formula is C18H26IN5. The van der Waals surface area contributed by atoms with Gasteiger partial charge in [-0.05, 0) is 30.4 Å². The Morgan fingerprint density at radius 3 is 2.71 bits per heavy atom. The number of para-hydroxylation sites is 1. The number of guanidine groups is 1. The van der Waals surface area contributed by atoms with Gasteiger partial charge in [0.15, 0.2) is 5.96 Å². The number of anilines is 1. The van der Waals surface area contributed by atoms with Crippen LogP contribution in [0.5, 0.6) is 0 Å². The number of aromatic nitrogens is 2. The summed E-state index contributed by atoms with van der Waals surface area (Å²) in [5.74, 6) is 1.60. The van der Waals surface area contributed by atoms with E-state index in [0.717, 1.165) is 43.7 Å². The first kappa shape index (κ1) is 18.8. The largest absolute Gasteiger partial charge is 0.370 e. The van der Waals surface area contributed by atoms with Crippen LogP contribution in [0.2, 0.25) is 0 Å². The molecule has 0 saturated heterocycles. The van der Waals surface area contributed by atoms with Crippen molar-refractivity contribution in [3.8, 4) is 0 Å². The Morgan fingerprint density at radius 2 is 2.04 bits per heavy atom. The molecule has 0 spiro atoms. The zero-order valence-electron chi connectivity index (χ0n) is 14.3. The molecule has 1 unspecified atom stereocenters. The lowest BCUT2D eigenvalue weighted by Crippen LogP contribution is -2.29. The van der Waals surface area contributed by atoms with Crippen molar-refractivity contribution < 1.29 is 0 Å². The first-order valence-electron chi connectivity index (χ1n) is 8.42. The van der Waals surface area contributed by atoms with Gasteiger partial charge in [-0.3, -0.25) is 0 Å². The number of benzene rings is 1. The summed E-state index contributed by atoms with van der Waals surface area (Å²) in [7, 11) is 0. The van der Waals surface area contributed by atoms with Crippen molar-refractivity contribution in [1.29, 1.82) is 0 Å². The number of nitrogens with two attached hydrogens (primary N) is 1. The van der Waals surface area contributed by atoms with E-state index in [0.29, 0.717) is 5.96 Å². The van der Waals surface area contributed by atoms with Gasteiger partial charge in [0.05, 0.1) is 6.04 Å². The standard InChI is InChI=1S/C18H25N5.HI/c1-3-13-6-5-7-14(4-2)17(13)22-18(19)21-15-8-10-23-11-9-20-16(23)12-15;/h5-7,9,11,15H,3-4,8,10,12H2,1-2H3,(H3,19,21,22);1H. The maximum atomic E-state index is 6.19. The molecule has 2 heterocycles. The summed E-state index contributed by atoms with van der Waals surface area (Å²) in [5, 5.41) is 3.35. The number of nitrogens with zero attached hydrogens (tertiary/aromatic N) is 3. The highest BCUT2D eigenvalue weighted by molar-refractivity contribution is 14.0. The van der Waals surface area contributed by atoms with Crippen LogP contribution in [-0.4, -0.2) is 21.6 Å². The zero-order chi connectivity index (χ0) is 16.2. The number of fused-ring (bicyclic) bond motifs is 1. The number of halogens is 1. The van der Waals surface area contributed by atoms with Crippen LogP contribution < -0.4 is 11.1 Å². The summed E-state index contributed by atoms with van der Waals surface area (Å²) < 4.78 is 2.19. The Bertz CT molecular complexity index is 685. The minimum absolute atomic E-state index is 0. The lowest BCUT2D eigenvalue weighted by atomic mass is 10.0. The molecule has 0 amide bonds. The van der Waals surface area contributed by atoms with Crippen molar-refractivity contribution in [3.63, 3.8) is 0 Å². The topological polar surface area (TPSA) is 68.2 Å². The van der Waals surface area contributed by atoms with Crippen molar-refractivity contribution in [1.82, 2.24) is 9.55 Å². The fourth-order valence-electron chi connectivity index (χ4n) is 3.20. The number of nitrogens with one attached hydrogen (secondary N) is 1. The van der Waals surface area contributed by atoms with Gasteiger partial charge in [0, 0.05) is 31.0 Å². The third-order valence-corrected chi connectivity index (χ3v) is 4.50. The fourth-order valence-corrected chi connectivity index (χ4v) is 3.20. The van der Waals surface area contributed by atoms with E-state index in [9.17, 15) is 0 Å². The molecule has 0 aliphatic carbocycles. The maximum Gasteiger partial charge on any atom is 0.193 e. The molecule has 1 aliphatic heterocycles. The molecule has 130 valence electrons. The first-order valence-corrected chi connectivity index (χ1v) is 8.42. The Labute approximate surface area is 160 Å². The molecule has 3 rings (SSSR count). The van der Waals surface area contributed by atoms with Crippen LogP contribution in [0.25, 0.3) is 0 Å². The summed E-state index contributed by atoms with van der Waals surface area (Å²) in [6.07, 6.45) is 7.69. The van der Waals surface area contributed by atoms with Gasteiger partial charge in [-0.15, -0.1) is 24.0 Å². The number of rotatable bonds is 4. The highest BCUT2D eigenvalue weighted by atomic mass is 127. The van der Waals surface area contributed by atoms with E-state index in [1.807, 2.05) is 12.4 Å². The van der Waals surface area contributed by atoms with Gasteiger partial charge in [-0.1, -0.05) is 32.0 Å². The smallest absolute Gasteiger partial charge is 0.193 e. The van der Waals surface area contributed by atoms with Gasteiger partial charge in [0.25, 0.3) is 0 Å². The van der Waals surface area contributed by atoms with E-state index in [-0.39, 0.29) is 30.0 Å². The van der Waals surface area contributed by atoms with Gasteiger partial charge in [-0.25, -0.2) is 9.98 Å². The quantitative estimate of drug-likeness (QED) is 0.436. The Morgan fingerprint density at radius 1 is 1.33 bits per heavy atom. The predicted octanol–water partition coefficient (Wildman–Crippen LogP) is 3.37. The van der Waals surface area contributed by atoms with Crippen LogP contribution in [0, 0.1) is 0 Å². The molecule has 5 nitrogen and oxygen atoms in total. The molecule has 1 aliphatic rings. The van der Waals surface area contributed by atoms with Gasteiger partial charge < -0.3 is 15.6 Å². The maximum absolute atomic E-state index is 6.19. The molecule has 6 heteroatoms. The van der Waals surface area contributed by atoms with E-state index in [1.54, 1.807) is 0 Å². The number of aliphatic imine (C=N–C) groups is 1. The van der Waals surface area contributed by atoms with Crippen LogP contribution in [-0.2, 0) is 25.8 Å². The number of imidazole rings is 1. The number of aryl methyl sites for hydroxylation is 3. The van der Waals surface area contributed by atoms with E-state index in [2.05, 4.69) is 46.9 Å². The minimum Gasteiger partial charge on any atom is -0.370 e. The minimum atomic E-state index is 0. The summed E-state index contributed by atoms with van der Waals surface area (Å²) in [6, 6.07) is 6.60. The second-order valence-corrected chi connectivity index (χ2v) is 5.98. The van der Waals surface area contributed by atoms with Crippen molar-refractivity contribution in [2.24, 2.45) is 10.7 Å². The van der Waals surface area contributed by atoms with Crippen LogP contribution in [0.3, 0.4) is 0 Å². The lowest BCUT2D eigenvalue weighted by molar-refractivity contribution is 0.465. The number of hydrogen-bond acceptors (Lipinski definition) is 2. The summed E-state index contributed by atoms with van der Waals surface area (Å²) in [6.45, 7) is 5.28. The molecule has 1 aromatic carbocycles. The van der Waals surface area contributed by atoms with Gasteiger partial charge in [0.1, 0.15) is 5.82 Å². The molecule has 1 aromatic heterocycles. The second kappa shape index (κ2) is 8.50. The molecule has 0 saturated carbocycles. The van der Waals surface area contributed by atoms with Crippen molar-refractivity contribution in [2.75, 3.05) is 5.32 Å². The predicted molar refractivity (Wildman–Crippen MR) is 110 cm³/mol. The molecule has 0 fully saturated rings. The van der Waals surface area contributed by atoms with Crippen molar-refractivity contribution in [3.05, 3.63) is 47.5 Å². The first-order chi connectivity index (χ1) is 11.2. The SMILES string of the molecule is CCc1cccc(CC)c1NC(N)=NC1CCn2ccnc2C1.I. The molecule has 0 radical (unpaired) electrons. The molecule has 0 bridgehead atoms. The number of hydrogen-bond donors (Lipinski definition) is 2. The van der Waals surface area contributed by atoms with E-state index < -0.39 is 0 Å². The monoisotopic (exact) mass is 439 g/mol. The summed E-state index contributed by atoms with van der Waals surface area (Å²) in [4.78, 5) is 9.08. The van der Waals surface area contributed by atoms with Crippen LogP contribution in [0.15, 0.2) is 35.6 Å². The summed E-state index contributed by atoms with van der Waals surface area (Å²) >= 11 is 0. The van der Waals surface area contributed by atoms with Gasteiger partial charge >= 0.3 is 0 Å². The van der Waals surface area contributed by atoms with Crippen molar-refractivity contribution in [2.45, 2.75) is 52.1 Å². The third kappa shape index (κ3) is 4.09. The average Bonchev–Trinajstić information content (AvgIpc) is 3.02. The zero-order valence-corrected chi connectivity index (χ0v) is 16.7. The molecule has 24 heavy (non-hydrogen) atoms. The van der Waals surface area contributed by atoms with E-state index in [1.165, 1.54) is 11.1 Å². The lowest BCUT2D eigenvalue weighted by Gasteiger charge is -2.21. The second-order valence-electron chi connectivity index (χ2n) is 5.98. The van der Waals surface area contributed by atoms with Crippen LogP contribution in [0.1, 0.15) is 37.2 Å². The van der Waals surface area contributed by atoms with E-state index >= 15 is 0 Å². The Kier molecular flexibility index (Phi) is 6.65. The third-order valence-electron chi connectivity index (χ3n) is 4.50. The van der Waals surface area contributed by atoms with Gasteiger partial charge in [-0.2, -0.15) is 0 Å². The Balaban J connectivity index is 0.00000208. The highest BCUT2D eigenvalue weighted by Crippen LogP contribution is 2.23. The highest BCUT2D eigenvalue weighted by Gasteiger charge is 2.19. The van der Waals surface area contributed by atoms with E-state index in [4.69, 9.17) is 10.7 Å². The van der Waals surface area contributed by atoms with Crippen LogP contribution in [0.4, 0.5) is 5.69 Å². The molecule has 2 aromatic rings. The molecule has 1 atom stereocenters. The fraction of sp³-hybridized carbons (Fsp3) is 0.444. The van der Waals surface area contributed by atoms with Crippen molar-refractivity contribution >= 4 is 35.6 Å². The summed E-state index contributed by atoms with van der Waals surface area (Å²) in [5.41, 5.74) is 9.87. The average molecular weight is 439 g/mol. The van der Waals surface area contributed by atoms with Gasteiger partial charge in [0.2, 0.25) is 0 Å². The normalized spacial score (nSPS) is 17.1. The molecular weight excluding hydrogens is 413 g/mol. The molecule has 3 N–H and O–H groups in total. The Hall–Kier alpha value is -1.57. The van der Waals surface area contributed by atoms with Crippen LogP contribution >= 0.6 is 24.0 Å².